The molecule has 0 aromatic carbocycles. The highest BCUT2D eigenvalue weighted by atomic mass is 16.7. The number of unbranched alkanes of at least 4 members (excludes halogenated alkanes) is 35. The molecule has 448 valence electrons. The molecule has 0 aromatic heterocycles. The van der Waals surface area contributed by atoms with E-state index < -0.39 is 67.3 Å². The summed E-state index contributed by atoms with van der Waals surface area (Å²) in [6, 6.07) is 0. The number of hydrogen-bond acceptors (Lipinski definition) is 11. The van der Waals surface area contributed by atoms with Crippen molar-refractivity contribution >= 4 is 23.9 Å². The Morgan fingerprint density at radius 2 is 0.740 bits per heavy atom. The Morgan fingerprint density at radius 1 is 0.416 bits per heavy atom. The number of carbonyl (C=O) groups is 4. The van der Waals surface area contributed by atoms with Gasteiger partial charge in [-0.25, -0.2) is 4.79 Å². The molecule has 1 rings (SSSR count). The van der Waals surface area contributed by atoms with E-state index in [1.165, 1.54) is 135 Å². The van der Waals surface area contributed by atoms with Crippen LogP contribution in [0.3, 0.4) is 0 Å². The molecule has 1 saturated heterocycles. The van der Waals surface area contributed by atoms with Gasteiger partial charge < -0.3 is 39.0 Å². The van der Waals surface area contributed by atoms with Crippen LogP contribution in [0, 0.1) is 0 Å². The van der Waals surface area contributed by atoms with Crippen LogP contribution in [0.2, 0.25) is 0 Å². The summed E-state index contributed by atoms with van der Waals surface area (Å²) in [5, 5.41) is 31.6. The highest BCUT2D eigenvalue weighted by Crippen LogP contribution is 2.27. The lowest BCUT2D eigenvalue weighted by atomic mass is 9.98. The first-order valence-corrected chi connectivity index (χ1v) is 32.0. The highest BCUT2D eigenvalue weighted by Gasteiger charge is 2.50. The van der Waals surface area contributed by atoms with Gasteiger partial charge in [0.15, 0.2) is 24.6 Å². The summed E-state index contributed by atoms with van der Waals surface area (Å²) in [7, 11) is 0. The van der Waals surface area contributed by atoms with Crippen molar-refractivity contribution in [1.82, 2.24) is 0 Å². The third-order valence-electron chi connectivity index (χ3n) is 14.7. The molecule has 12 nitrogen and oxygen atoms in total. The van der Waals surface area contributed by atoms with Crippen LogP contribution in [0.15, 0.2) is 36.5 Å². The standard InChI is InChI=1S/C65H116O12/c1-4-7-10-13-16-19-22-25-28-29-32-35-38-41-44-47-50-53-59(68)76-63-61(70)60(69)62(64(71)72)77-65(63)74-55-56(75-58(67)52-49-46-43-40-37-34-31-27-24-21-18-15-12-9-6-3)54-73-57(66)51-48-45-42-39-36-33-30-26-23-20-17-14-11-8-5-2/h25-28,30-31,56,60-63,65,69-70H,4-24,29,32-55H2,1-3H3,(H,71,72)/b28-25-,30-26-,31-27-. The predicted octanol–water partition coefficient (Wildman–Crippen LogP) is 16.8. The van der Waals surface area contributed by atoms with Gasteiger partial charge in [0, 0.05) is 19.3 Å². The molecule has 12 heteroatoms. The number of esters is 3. The molecule has 0 saturated carbocycles. The number of carboxylic acid groups (broad SMARTS) is 1. The fraction of sp³-hybridized carbons (Fsp3) is 0.846. The fourth-order valence-corrected chi connectivity index (χ4v) is 9.71. The van der Waals surface area contributed by atoms with Gasteiger partial charge in [0.1, 0.15) is 18.8 Å². The molecule has 0 aromatic rings. The largest absolute Gasteiger partial charge is 0.479 e. The summed E-state index contributed by atoms with van der Waals surface area (Å²) in [5.41, 5.74) is 0. The van der Waals surface area contributed by atoms with Gasteiger partial charge >= 0.3 is 23.9 Å². The molecule has 6 unspecified atom stereocenters. The first-order chi connectivity index (χ1) is 37.6. The molecule has 3 N–H and O–H groups in total. The van der Waals surface area contributed by atoms with E-state index in [0.717, 1.165) is 109 Å². The molecule has 6 atom stereocenters. The third kappa shape index (κ3) is 43.4. The number of rotatable bonds is 55. The second-order valence-corrected chi connectivity index (χ2v) is 22.0. The second-order valence-electron chi connectivity index (χ2n) is 22.0. The van der Waals surface area contributed by atoms with Crippen LogP contribution in [0.5, 0.6) is 0 Å². The number of hydrogen-bond donors (Lipinski definition) is 3. The topological polar surface area (TPSA) is 175 Å². The van der Waals surface area contributed by atoms with Crippen molar-refractivity contribution in [3.63, 3.8) is 0 Å². The number of aliphatic carboxylic acids is 1. The van der Waals surface area contributed by atoms with E-state index in [9.17, 15) is 34.5 Å². The van der Waals surface area contributed by atoms with Gasteiger partial charge in [-0.15, -0.1) is 0 Å². The Bertz CT molecular complexity index is 1480. The van der Waals surface area contributed by atoms with Crippen LogP contribution in [0.1, 0.15) is 303 Å². The average molecular weight is 1090 g/mol. The maximum absolute atomic E-state index is 13.2. The van der Waals surface area contributed by atoms with Crippen molar-refractivity contribution in [3.05, 3.63) is 36.5 Å². The number of aliphatic hydroxyl groups is 2. The van der Waals surface area contributed by atoms with E-state index in [4.69, 9.17) is 23.7 Å². The van der Waals surface area contributed by atoms with Crippen molar-refractivity contribution in [3.8, 4) is 0 Å². The molecule has 0 spiro atoms. The smallest absolute Gasteiger partial charge is 0.335 e. The van der Waals surface area contributed by atoms with Crippen LogP contribution in [-0.4, -0.2) is 89.2 Å². The summed E-state index contributed by atoms with van der Waals surface area (Å²) in [4.78, 5) is 51.2. The van der Waals surface area contributed by atoms with Gasteiger partial charge in [0.05, 0.1) is 6.61 Å². The molecule has 0 aliphatic carbocycles. The quantitative estimate of drug-likeness (QED) is 0.0228. The van der Waals surface area contributed by atoms with E-state index in [2.05, 4.69) is 57.2 Å². The van der Waals surface area contributed by atoms with Crippen LogP contribution in [0.4, 0.5) is 0 Å². The summed E-state index contributed by atoms with van der Waals surface area (Å²) in [6.45, 7) is 6.00. The zero-order valence-electron chi connectivity index (χ0n) is 49.5. The van der Waals surface area contributed by atoms with Gasteiger partial charge in [-0.05, 0) is 96.3 Å². The minimum Gasteiger partial charge on any atom is -0.479 e. The van der Waals surface area contributed by atoms with Crippen LogP contribution >= 0.6 is 0 Å². The lowest BCUT2D eigenvalue weighted by Gasteiger charge is -2.40. The lowest BCUT2D eigenvalue weighted by Crippen LogP contribution is -2.61. The van der Waals surface area contributed by atoms with E-state index in [0.29, 0.717) is 19.3 Å². The zero-order chi connectivity index (χ0) is 56.1. The van der Waals surface area contributed by atoms with Crippen molar-refractivity contribution in [2.75, 3.05) is 13.2 Å². The maximum atomic E-state index is 13.2. The zero-order valence-corrected chi connectivity index (χ0v) is 49.5. The van der Waals surface area contributed by atoms with Crippen molar-refractivity contribution in [2.24, 2.45) is 0 Å². The van der Waals surface area contributed by atoms with E-state index in [1.54, 1.807) is 0 Å². The SMILES string of the molecule is CCCCCCCC/C=C\CCCCCCCCCC(=O)OC1C(OCC(COC(=O)CCCCCCC/C=C\CCCCCCCC)OC(=O)CCCCCCC/C=C\CCCCCCCC)OC(C(=O)O)C(O)C1O. The summed E-state index contributed by atoms with van der Waals surface area (Å²) in [5.74, 6) is -3.12. The Labute approximate surface area is 470 Å². The first kappa shape index (κ1) is 72.0. The van der Waals surface area contributed by atoms with Gasteiger partial charge in [-0.3, -0.25) is 14.4 Å². The Kier molecular flexibility index (Phi) is 50.1. The van der Waals surface area contributed by atoms with Gasteiger partial charge in [0.2, 0.25) is 0 Å². The molecular formula is C65H116O12. The number of carboxylic acids is 1. The number of carbonyl (C=O) groups excluding carboxylic acids is 3. The normalized spacial score (nSPS) is 18.2. The van der Waals surface area contributed by atoms with Gasteiger partial charge in [-0.2, -0.15) is 0 Å². The van der Waals surface area contributed by atoms with Crippen LogP contribution in [-0.2, 0) is 42.9 Å². The van der Waals surface area contributed by atoms with E-state index >= 15 is 0 Å². The summed E-state index contributed by atoms with van der Waals surface area (Å²) >= 11 is 0. The lowest BCUT2D eigenvalue weighted by molar-refractivity contribution is -0.301. The average Bonchev–Trinajstić information content (AvgIpc) is 3.43. The Hall–Kier alpha value is -3.06. The summed E-state index contributed by atoms with van der Waals surface area (Å²) < 4.78 is 28.5. The molecule has 0 bridgehead atoms. The van der Waals surface area contributed by atoms with Crippen molar-refractivity contribution < 1.29 is 58.2 Å². The molecule has 1 aliphatic rings. The fourth-order valence-electron chi connectivity index (χ4n) is 9.71. The van der Waals surface area contributed by atoms with Crippen LogP contribution < -0.4 is 0 Å². The second kappa shape index (κ2) is 53.6. The first-order valence-electron chi connectivity index (χ1n) is 32.0. The molecule has 1 fully saturated rings. The number of allylic oxidation sites excluding steroid dienone is 6. The minimum atomic E-state index is -1.90. The molecular weight excluding hydrogens is 973 g/mol. The highest BCUT2D eigenvalue weighted by molar-refractivity contribution is 5.74. The van der Waals surface area contributed by atoms with Crippen molar-refractivity contribution in [1.29, 1.82) is 0 Å². The number of aliphatic hydroxyl groups excluding tert-OH is 2. The molecule has 1 aliphatic heterocycles. The minimum absolute atomic E-state index is 0.0566. The molecule has 1 heterocycles. The maximum Gasteiger partial charge on any atom is 0.335 e. The van der Waals surface area contributed by atoms with Crippen LogP contribution in [0.25, 0.3) is 0 Å². The molecule has 77 heavy (non-hydrogen) atoms. The van der Waals surface area contributed by atoms with Gasteiger partial charge in [0.25, 0.3) is 0 Å². The molecule has 0 amide bonds. The monoisotopic (exact) mass is 1090 g/mol. The Balaban J connectivity index is 2.67. The molecule has 0 radical (unpaired) electrons. The van der Waals surface area contributed by atoms with Gasteiger partial charge in [-0.1, -0.05) is 224 Å². The summed E-state index contributed by atoms with van der Waals surface area (Å²) in [6.07, 6.45) is 51.0. The Morgan fingerprint density at radius 3 is 1.10 bits per heavy atom. The van der Waals surface area contributed by atoms with E-state index in [-0.39, 0.29) is 25.9 Å². The third-order valence-corrected chi connectivity index (χ3v) is 14.7. The van der Waals surface area contributed by atoms with E-state index in [1.807, 2.05) is 0 Å². The predicted molar refractivity (Wildman–Crippen MR) is 313 cm³/mol. The number of ether oxygens (including phenoxy) is 5. The van der Waals surface area contributed by atoms with Crippen molar-refractivity contribution in [2.45, 2.75) is 340 Å².